The molecule has 45 heavy (non-hydrogen) atoms. The summed E-state index contributed by atoms with van der Waals surface area (Å²) in [6, 6.07) is 11.3. The second-order valence-electron chi connectivity index (χ2n) is 11.9. The Bertz CT molecular complexity index is 1430. The van der Waals surface area contributed by atoms with E-state index in [0.717, 1.165) is 25.7 Å². The zero-order valence-electron chi connectivity index (χ0n) is 25.9. The first-order valence-electron chi connectivity index (χ1n) is 15.1. The van der Waals surface area contributed by atoms with E-state index in [9.17, 15) is 24.0 Å². The third-order valence-corrected chi connectivity index (χ3v) is 7.13. The van der Waals surface area contributed by atoms with E-state index in [1.165, 1.54) is 4.90 Å². The lowest BCUT2D eigenvalue weighted by Gasteiger charge is -2.29. The number of carbonyl (C=O) groups is 5. The lowest BCUT2D eigenvalue weighted by molar-refractivity contribution is -0.137. The maximum Gasteiger partial charge on any atom is 0.407 e. The molecule has 2 heterocycles. The van der Waals surface area contributed by atoms with Crippen LogP contribution in [0.5, 0.6) is 5.75 Å². The SMILES string of the molecule is CC(C)(C)OC(=O)NCCCCCCNC(=O)COc1ccc(/N=N/c2cccc3c2CN(C2CCC(=O)NC2=O)C3=O)cc1. The van der Waals surface area contributed by atoms with Gasteiger partial charge in [0.05, 0.1) is 11.4 Å². The summed E-state index contributed by atoms with van der Waals surface area (Å²) >= 11 is 0. The molecule has 5 amide bonds. The van der Waals surface area contributed by atoms with Crippen LogP contribution in [0.1, 0.15) is 75.2 Å². The highest BCUT2D eigenvalue weighted by Crippen LogP contribution is 2.34. The number of azo groups is 1. The molecular weight excluding hydrogens is 580 g/mol. The van der Waals surface area contributed by atoms with Gasteiger partial charge >= 0.3 is 6.09 Å². The Morgan fingerprint density at radius 1 is 0.956 bits per heavy atom. The van der Waals surface area contributed by atoms with E-state index < -0.39 is 23.6 Å². The first-order valence-corrected chi connectivity index (χ1v) is 15.1. The van der Waals surface area contributed by atoms with Crippen molar-refractivity contribution in [3.63, 3.8) is 0 Å². The van der Waals surface area contributed by atoms with Crippen molar-refractivity contribution in [2.75, 3.05) is 19.7 Å². The summed E-state index contributed by atoms with van der Waals surface area (Å²) in [5.41, 5.74) is 1.70. The summed E-state index contributed by atoms with van der Waals surface area (Å²) in [4.78, 5) is 62.1. The number of benzene rings is 2. The van der Waals surface area contributed by atoms with Crippen molar-refractivity contribution >= 4 is 41.1 Å². The zero-order valence-corrected chi connectivity index (χ0v) is 25.9. The monoisotopic (exact) mass is 620 g/mol. The highest BCUT2D eigenvalue weighted by molar-refractivity contribution is 6.06. The number of nitrogens with one attached hydrogen (secondary N) is 3. The largest absolute Gasteiger partial charge is 0.484 e. The van der Waals surface area contributed by atoms with E-state index in [4.69, 9.17) is 9.47 Å². The number of carbonyl (C=O) groups excluding carboxylic acids is 5. The number of ether oxygens (including phenoxy) is 2. The minimum atomic E-state index is -0.701. The van der Waals surface area contributed by atoms with Crippen molar-refractivity contribution < 1.29 is 33.4 Å². The van der Waals surface area contributed by atoms with Crippen LogP contribution < -0.4 is 20.7 Å². The van der Waals surface area contributed by atoms with Gasteiger partial charge < -0.3 is 25.0 Å². The molecule has 0 saturated carbocycles. The Morgan fingerprint density at radius 2 is 1.67 bits per heavy atom. The molecule has 1 fully saturated rings. The van der Waals surface area contributed by atoms with Gasteiger partial charge in [-0.2, -0.15) is 10.2 Å². The molecule has 1 atom stereocenters. The van der Waals surface area contributed by atoms with Crippen molar-refractivity contribution in [3.8, 4) is 5.75 Å². The van der Waals surface area contributed by atoms with Crippen LogP contribution in [0.3, 0.4) is 0 Å². The van der Waals surface area contributed by atoms with E-state index in [2.05, 4.69) is 26.2 Å². The Hall–Kier alpha value is -4.81. The molecule has 0 spiro atoms. The molecule has 3 N–H and O–H groups in total. The second kappa shape index (κ2) is 15.3. The van der Waals surface area contributed by atoms with Gasteiger partial charge in [0.1, 0.15) is 17.4 Å². The molecule has 0 radical (unpaired) electrons. The van der Waals surface area contributed by atoms with E-state index in [-0.39, 0.29) is 43.7 Å². The van der Waals surface area contributed by atoms with Gasteiger partial charge in [0.2, 0.25) is 11.8 Å². The summed E-state index contributed by atoms with van der Waals surface area (Å²) < 4.78 is 10.8. The highest BCUT2D eigenvalue weighted by atomic mass is 16.6. The third kappa shape index (κ3) is 9.85. The number of nitrogens with zero attached hydrogens (tertiary/aromatic N) is 3. The van der Waals surface area contributed by atoms with Gasteiger partial charge in [-0.05, 0) is 76.4 Å². The van der Waals surface area contributed by atoms with Crippen LogP contribution in [0.25, 0.3) is 0 Å². The molecule has 2 aliphatic heterocycles. The van der Waals surface area contributed by atoms with E-state index in [1.807, 2.05) is 20.8 Å². The number of amides is 5. The van der Waals surface area contributed by atoms with Gasteiger partial charge in [-0.3, -0.25) is 24.5 Å². The average molecular weight is 621 g/mol. The fourth-order valence-corrected chi connectivity index (χ4v) is 4.92. The minimum absolute atomic E-state index is 0.117. The first-order chi connectivity index (χ1) is 21.5. The molecule has 1 saturated heterocycles. The first kappa shape index (κ1) is 33.1. The molecule has 2 aromatic carbocycles. The molecule has 0 bridgehead atoms. The van der Waals surface area contributed by atoms with Crippen molar-refractivity contribution in [2.45, 2.75) is 77.5 Å². The summed E-state index contributed by atoms with van der Waals surface area (Å²) in [5.74, 6) is -0.780. The molecule has 240 valence electrons. The standard InChI is InChI=1S/C32H40N6O7/c1-32(2,3)45-31(43)34-18-7-5-4-6-17-33-28(40)20-44-22-13-11-21(12-14-22)36-37-25-10-8-9-23-24(25)19-38(30(23)42)26-15-16-27(39)35-29(26)41/h8-14,26H,4-7,15-20H2,1-3H3,(H,33,40)(H,34,43)(H,35,39,41)/b37-36+. The smallest absolute Gasteiger partial charge is 0.407 e. The maximum absolute atomic E-state index is 13.0. The van der Waals surface area contributed by atoms with Crippen molar-refractivity contribution in [1.82, 2.24) is 20.9 Å². The van der Waals surface area contributed by atoms with E-state index >= 15 is 0 Å². The molecule has 2 aromatic rings. The molecule has 0 aliphatic carbocycles. The molecule has 13 nitrogen and oxygen atoms in total. The van der Waals surface area contributed by atoms with Gasteiger partial charge in [-0.1, -0.05) is 18.9 Å². The average Bonchev–Trinajstić information content (AvgIpc) is 3.32. The predicted octanol–water partition coefficient (Wildman–Crippen LogP) is 4.44. The van der Waals surface area contributed by atoms with Gasteiger partial charge in [-0.25, -0.2) is 4.79 Å². The Morgan fingerprint density at radius 3 is 2.36 bits per heavy atom. The van der Waals surface area contributed by atoms with E-state index in [0.29, 0.717) is 41.3 Å². The Balaban J connectivity index is 1.15. The van der Waals surface area contributed by atoms with Gasteiger partial charge in [0.15, 0.2) is 6.61 Å². The summed E-state index contributed by atoms with van der Waals surface area (Å²) in [5, 5.41) is 16.5. The Kier molecular flexibility index (Phi) is 11.2. The molecule has 2 aliphatic rings. The number of alkyl carbamates (subject to hydrolysis) is 1. The number of hydrogen-bond donors (Lipinski definition) is 3. The fraction of sp³-hybridized carbons (Fsp3) is 0.469. The number of rotatable bonds is 13. The molecule has 1 unspecified atom stereocenters. The molecule has 4 rings (SSSR count). The van der Waals surface area contributed by atoms with Gasteiger partial charge in [0, 0.05) is 37.2 Å². The van der Waals surface area contributed by atoms with Crippen LogP contribution in [0.15, 0.2) is 52.7 Å². The van der Waals surface area contributed by atoms with E-state index in [1.54, 1.807) is 42.5 Å². The van der Waals surface area contributed by atoms with Gasteiger partial charge in [0.25, 0.3) is 11.8 Å². The highest BCUT2D eigenvalue weighted by Gasteiger charge is 2.39. The van der Waals surface area contributed by atoms with Crippen LogP contribution >= 0.6 is 0 Å². The number of imide groups is 1. The number of fused-ring (bicyclic) bond motifs is 1. The number of unbranched alkanes of at least 4 members (excludes halogenated alkanes) is 3. The van der Waals surface area contributed by atoms with Crippen LogP contribution in [-0.4, -0.2) is 66.0 Å². The number of piperidine rings is 1. The number of hydrogen-bond acceptors (Lipinski definition) is 9. The summed E-state index contributed by atoms with van der Waals surface area (Å²) in [6.45, 7) is 6.65. The normalized spacial score (nSPS) is 16.4. The lowest BCUT2D eigenvalue weighted by Crippen LogP contribution is -2.52. The van der Waals surface area contributed by atoms with Gasteiger partial charge in [-0.15, -0.1) is 0 Å². The third-order valence-electron chi connectivity index (χ3n) is 7.13. The van der Waals surface area contributed by atoms with Crippen molar-refractivity contribution in [1.29, 1.82) is 0 Å². The summed E-state index contributed by atoms with van der Waals surface area (Å²) in [7, 11) is 0. The van der Waals surface area contributed by atoms with Crippen LogP contribution in [-0.2, 0) is 25.7 Å². The fourth-order valence-electron chi connectivity index (χ4n) is 4.92. The predicted molar refractivity (Wildman–Crippen MR) is 164 cm³/mol. The lowest BCUT2D eigenvalue weighted by atomic mass is 10.0. The second-order valence-corrected chi connectivity index (χ2v) is 11.9. The van der Waals surface area contributed by atoms with Crippen LogP contribution in [0.4, 0.5) is 16.2 Å². The molecular formula is C32H40N6O7. The Labute approximate surface area is 262 Å². The quantitative estimate of drug-likeness (QED) is 0.169. The minimum Gasteiger partial charge on any atom is -0.484 e. The molecule has 13 heteroatoms. The topological polar surface area (TPSA) is 168 Å². The van der Waals surface area contributed by atoms with Crippen LogP contribution in [0, 0.1) is 0 Å². The van der Waals surface area contributed by atoms with Crippen LogP contribution in [0.2, 0.25) is 0 Å². The summed E-state index contributed by atoms with van der Waals surface area (Å²) in [6.07, 6.45) is 3.57. The van der Waals surface area contributed by atoms with Crippen molar-refractivity contribution in [3.05, 3.63) is 53.6 Å². The zero-order chi connectivity index (χ0) is 32.4. The molecule has 0 aromatic heterocycles. The maximum atomic E-state index is 13.0. The van der Waals surface area contributed by atoms with Crippen molar-refractivity contribution in [2.24, 2.45) is 10.2 Å².